The largest absolute Gasteiger partial charge is 0.811 e. The van der Waals surface area contributed by atoms with E-state index >= 15 is 0 Å². The Morgan fingerprint density at radius 1 is 1.22 bits per heavy atom. The van der Waals surface area contributed by atoms with Gasteiger partial charge in [-0.1, -0.05) is 25.8 Å². The molecule has 0 saturated carbocycles. The molecule has 1 aromatic carbocycles. The molecule has 0 saturated heterocycles. The number of nitrogens with one attached hydrogen (secondary N) is 1. The molecule has 1 aromatic heterocycles. The van der Waals surface area contributed by atoms with Crippen molar-refractivity contribution in [1.82, 2.24) is 9.78 Å². The number of hydrogen-bond acceptors (Lipinski definition) is 4. The van der Waals surface area contributed by atoms with Gasteiger partial charge in [-0.25, -0.2) is 0 Å². The minimum absolute atomic E-state index is 0.0118. The van der Waals surface area contributed by atoms with Crippen molar-refractivity contribution in [3.8, 4) is 5.69 Å². The maximum atomic E-state index is 11.3. The number of hydrogen-bond donors (Lipinski definition) is 1. The van der Waals surface area contributed by atoms with Crippen LogP contribution < -0.4 is 15.3 Å². The highest BCUT2D eigenvalue weighted by molar-refractivity contribution is 7.48. The minimum atomic E-state index is -4.56. The molecule has 0 radical (unpaired) electrons. The van der Waals surface area contributed by atoms with Gasteiger partial charge in [0, 0.05) is 11.8 Å². The van der Waals surface area contributed by atoms with E-state index in [0.717, 1.165) is 0 Å². The summed E-state index contributed by atoms with van der Waals surface area (Å²) in [5, 5.41) is 2.56. The van der Waals surface area contributed by atoms with Crippen LogP contribution in [0.1, 0.15) is 5.69 Å². The van der Waals surface area contributed by atoms with Crippen LogP contribution in [-0.4, -0.2) is 15.9 Å². The third-order valence-electron chi connectivity index (χ3n) is 2.46. The summed E-state index contributed by atoms with van der Waals surface area (Å²) in [6.07, 6.45) is -0.491. The molecule has 96 valence electrons. The Morgan fingerprint density at radius 2 is 1.89 bits per heavy atom. The predicted molar refractivity (Wildman–Crippen MR) is 62.6 cm³/mol. The normalized spacial score (nSPS) is 11.7. The lowest BCUT2D eigenvalue weighted by molar-refractivity contribution is -0.313. The van der Waals surface area contributed by atoms with Crippen molar-refractivity contribution in [2.24, 2.45) is 0 Å². The molecule has 1 heterocycles. The lowest BCUT2D eigenvalue weighted by Crippen LogP contribution is -2.18. The first-order valence-corrected chi connectivity index (χ1v) is 7.06. The molecular weight excluding hydrogens is 255 g/mol. The molecule has 1 N–H and O–H groups in total. The smallest absolute Gasteiger partial charge is 0.264 e. The fourth-order valence-electron chi connectivity index (χ4n) is 1.67. The molecule has 0 fully saturated rings. The second kappa shape index (κ2) is 4.94. The first kappa shape index (κ1) is 12.8. The number of aromatic nitrogens is 2. The zero-order valence-electron chi connectivity index (χ0n) is 9.41. The molecule has 2 aromatic rings. The van der Waals surface area contributed by atoms with Gasteiger partial charge in [-0.3, -0.25) is 14.6 Å². The van der Waals surface area contributed by atoms with Gasteiger partial charge in [0.2, 0.25) is 0 Å². The lowest BCUT2D eigenvalue weighted by Gasteiger charge is -2.29. The third-order valence-corrected chi connectivity index (χ3v) is 3.23. The molecular formula is C11H11N2O4P-2. The SMILES string of the molecule is O=c1cc(CCP(=O)([O-])[O-])n(-c2ccccc2)[nH]1. The van der Waals surface area contributed by atoms with E-state index in [1.54, 1.807) is 24.3 Å². The standard InChI is InChI=1S/C11H13N2O4P/c14-11-8-10(6-7-18(15,16)17)13(12-11)9-4-2-1-3-5-9/h1-5,8H,6-7H2,(H,12,14)(H2,15,16,17)/p-2. The lowest BCUT2D eigenvalue weighted by atomic mass is 10.3. The van der Waals surface area contributed by atoms with Crippen LogP contribution in [0.4, 0.5) is 0 Å². The highest BCUT2D eigenvalue weighted by Gasteiger charge is 2.06. The Morgan fingerprint density at radius 3 is 2.50 bits per heavy atom. The molecule has 0 aliphatic rings. The first-order valence-electron chi connectivity index (χ1n) is 5.33. The number of aromatic amines is 1. The van der Waals surface area contributed by atoms with Crippen molar-refractivity contribution in [2.75, 3.05) is 6.16 Å². The molecule has 0 spiro atoms. The number of benzene rings is 1. The Hall–Kier alpha value is -1.62. The summed E-state index contributed by atoms with van der Waals surface area (Å²) >= 11 is 0. The van der Waals surface area contributed by atoms with Crippen LogP contribution in [-0.2, 0) is 11.0 Å². The quantitative estimate of drug-likeness (QED) is 0.762. The summed E-state index contributed by atoms with van der Waals surface area (Å²) in [4.78, 5) is 32.6. The maximum Gasteiger partial charge on any atom is 0.264 e. The Bertz CT molecular complexity index is 626. The number of rotatable bonds is 4. The van der Waals surface area contributed by atoms with Crippen molar-refractivity contribution in [2.45, 2.75) is 6.42 Å². The Kier molecular flexibility index (Phi) is 3.52. The van der Waals surface area contributed by atoms with Crippen molar-refractivity contribution in [1.29, 1.82) is 0 Å². The number of aryl methyl sites for hydroxylation is 1. The summed E-state index contributed by atoms with van der Waals surface area (Å²) in [7, 11) is -4.56. The summed E-state index contributed by atoms with van der Waals surface area (Å²) in [5.41, 5.74) is 0.847. The summed E-state index contributed by atoms with van der Waals surface area (Å²) in [5.74, 6) is 0. The van der Waals surface area contributed by atoms with Crippen LogP contribution in [0.15, 0.2) is 41.2 Å². The van der Waals surface area contributed by atoms with Crippen molar-refractivity contribution < 1.29 is 14.4 Å². The Labute approximate surface area is 103 Å². The fourth-order valence-corrected chi connectivity index (χ4v) is 2.18. The van der Waals surface area contributed by atoms with E-state index in [2.05, 4.69) is 5.10 Å². The molecule has 0 aliphatic carbocycles. The van der Waals surface area contributed by atoms with E-state index in [1.165, 1.54) is 10.7 Å². The van der Waals surface area contributed by atoms with E-state index in [4.69, 9.17) is 0 Å². The van der Waals surface area contributed by atoms with Crippen LogP contribution in [0.5, 0.6) is 0 Å². The molecule has 0 aliphatic heterocycles. The van der Waals surface area contributed by atoms with Crippen LogP contribution >= 0.6 is 7.60 Å². The zero-order valence-corrected chi connectivity index (χ0v) is 10.3. The van der Waals surface area contributed by atoms with Gasteiger partial charge in [-0.2, -0.15) is 0 Å². The van der Waals surface area contributed by atoms with Gasteiger partial charge >= 0.3 is 0 Å². The Balaban J connectivity index is 2.32. The average molecular weight is 266 g/mol. The number of H-pyrrole nitrogens is 1. The van der Waals surface area contributed by atoms with Gasteiger partial charge < -0.3 is 14.4 Å². The van der Waals surface area contributed by atoms with E-state index in [1.807, 2.05) is 6.07 Å². The molecule has 0 atom stereocenters. The summed E-state index contributed by atoms with van der Waals surface area (Å²) in [6, 6.07) is 10.3. The van der Waals surface area contributed by atoms with Crippen LogP contribution in [0, 0.1) is 0 Å². The first-order chi connectivity index (χ1) is 8.46. The van der Waals surface area contributed by atoms with E-state index in [-0.39, 0.29) is 12.0 Å². The maximum absolute atomic E-state index is 11.3. The molecule has 0 bridgehead atoms. The average Bonchev–Trinajstić information content (AvgIpc) is 2.68. The van der Waals surface area contributed by atoms with Crippen molar-refractivity contribution >= 4 is 7.60 Å². The summed E-state index contributed by atoms with van der Waals surface area (Å²) in [6.45, 7) is 0. The number of nitrogens with zero attached hydrogens (tertiary/aromatic N) is 1. The van der Waals surface area contributed by atoms with Gasteiger partial charge in [0.15, 0.2) is 0 Å². The monoisotopic (exact) mass is 266 g/mol. The van der Waals surface area contributed by atoms with Crippen LogP contribution in [0.2, 0.25) is 0 Å². The second-order valence-corrected chi connectivity index (χ2v) is 5.54. The zero-order chi connectivity index (χ0) is 13.2. The molecule has 7 heteroatoms. The predicted octanol–water partition coefficient (Wildman–Crippen LogP) is -0.378. The van der Waals surface area contributed by atoms with Crippen LogP contribution in [0.25, 0.3) is 5.69 Å². The van der Waals surface area contributed by atoms with Gasteiger partial charge in [0.25, 0.3) is 5.56 Å². The van der Waals surface area contributed by atoms with Crippen molar-refractivity contribution in [3.63, 3.8) is 0 Å². The van der Waals surface area contributed by atoms with E-state index in [0.29, 0.717) is 11.4 Å². The van der Waals surface area contributed by atoms with E-state index in [9.17, 15) is 19.1 Å². The molecule has 18 heavy (non-hydrogen) atoms. The highest BCUT2D eigenvalue weighted by Crippen LogP contribution is 2.24. The van der Waals surface area contributed by atoms with Crippen LogP contribution in [0.3, 0.4) is 0 Å². The second-order valence-electron chi connectivity index (χ2n) is 3.87. The van der Waals surface area contributed by atoms with Crippen molar-refractivity contribution in [3.05, 3.63) is 52.4 Å². The molecule has 0 unspecified atom stereocenters. The fraction of sp³-hybridized carbons (Fsp3) is 0.182. The van der Waals surface area contributed by atoms with Gasteiger partial charge in [-0.15, -0.1) is 0 Å². The third kappa shape index (κ3) is 3.20. The molecule has 2 rings (SSSR count). The van der Waals surface area contributed by atoms with E-state index < -0.39 is 13.8 Å². The van der Waals surface area contributed by atoms with Gasteiger partial charge in [0.1, 0.15) is 0 Å². The van der Waals surface area contributed by atoms with Gasteiger partial charge in [0.05, 0.1) is 5.69 Å². The highest BCUT2D eigenvalue weighted by atomic mass is 31.2. The summed E-state index contributed by atoms with van der Waals surface area (Å²) < 4.78 is 12.1. The molecule has 6 nitrogen and oxygen atoms in total. The molecule has 0 amide bonds. The number of para-hydroxylation sites is 1. The van der Waals surface area contributed by atoms with Gasteiger partial charge in [-0.05, 0) is 24.7 Å². The minimum Gasteiger partial charge on any atom is -0.811 e. The topological polar surface area (TPSA) is 101 Å².